The second kappa shape index (κ2) is 50.1. The zero-order chi connectivity index (χ0) is 104. The van der Waals surface area contributed by atoms with Crippen molar-refractivity contribution in [3.8, 4) is 0 Å². The molecule has 20 unspecified atom stereocenters. The van der Waals surface area contributed by atoms with Crippen molar-refractivity contribution in [1.29, 1.82) is 0 Å². The molecular weight excluding hydrogens is 1940 g/mol. The van der Waals surface area contributed by atoms with Gasteiger partial charge in [0.15, 0.2) is 98.7 Å². The van der Waals surface area contributed by atoms with Crippen molar-refractivity contribution in [2.75, 3.05) is 26.4 Å². The maximum absolute atomic E-state index is 18.0. The molecule has 0 N–H and O–H groups in total. The van der Waals surface area contributed by atoms with E-state index >= 15 is 42.7 Å². The number of benzene rings is 12. The minimum absolute atomic E-state index is 0.0517. The fourth-order valence-corrected chi connectivity index (χ4v) is 16.8. The molecule has 4 aliphatic rings. The summed E-state index contributed by atoms with van der Waals surface area (Å²) in [5.74, 6) is -14.8. The van der Waals surface area contributed by atoms with Crippen LogP contribution < -0.4 is 4.57 Å². The van der Waals surface area contributed by atoms with Crippen LogP contribution in [-0.4, -0.2) is 231 Å². The lowest BCUT2D eigenvalue weighted by Gasteiger charge is -2.47. The van der Waals surface area contributed by atoms with Gasteiger partial charge in [0.2, 0.25) is 12.7 Å². The lowest BCUT2D eigenvalue weighted by molar-refractivity contribution is -0.685. The van der Waals surface area contributed by atoms with Gasteiger partial charge in [0.05, 0.1) is 93.6 Å². The van der Waals surface area contributed by atoms with Crippen LogP contribution in [0.25, 0.3) is 0 Å². The summed E-state index contributed by atoms with van der Waals surface area (Å²) in [5.41, 5.74) is -1.57. The van der Waals surface area contributed by atoms with Crippen LogP contribution in [0.3, 0.4) is 0 Å². The van der Waals surface area contributed by atoms with E-state index in [2.05, 4.69) is 0 Å². The van der Waals surface area contributed by atoms with Crippen molar-refractivity contribution in [2.24, 2.45) is 7.05 Å². The molecule has 0 amide bonds. The molecule has 0 radical (unpaired) electrons. The lowest BCUT2D eigenvalue weighted by Crippen LogP contribution is -2.66. The number of rotatable bonds is 37. The van der Waals surface area contributed by atoms with Gasteiger partial charge in [0.25, 0.3) is 0 Å². The van der Waals surface area contributed by atoms with Gasteiger partial charge in [0, 0.05) is 0 Å². The van der Waals surface area contributed by atoms with Crippen molar-refractivity contribution in [3.63, 3.8) is 0 Å². The third kappa shape index (κ3) is 26.5. The predicted octanol–water partition coefficient (Wildman–Crippen LogP) is 13.5. The molecule has 4 fully saturated rings. The molecule has 0 saturated carbocycles. The zero-order valence-electron chi connectivity index (χ0n) is 79.7. The smallest absolute Gasteiger partial charge is 0.348 e. The highest BCUT2D eigenvalue weighted by molar-refractivity contribution is 5.96. The lowest BCUT2D eigenvalue weighted by atomic mass is 9.96. The summed E-state index contributed by atoms with van der Waals surface area (Å²) in [6.45, 7) is -4.73. The third-order valence-corrected chi connectivity index (χ3v) is 24.2. The van der Waals surface area contributed by atoms with Gasteiger partial charge in [-0.3, -0.25) is 0 Å². The summed E-state index contributed by atoms with van der Waals surface area (Å²) in [6, 6.07) is 87.9. The minimum Gasteiger partial charge on any atom is -0.460 e. The molecule has 20 atom stereocenters. The number of halogens is 1. The van der Waals surface area contributed by atoms with Gasteiger partial charge >= 0.3 is 77.6 Å². The summed E-state index contributed by atoms with van der Waals surface area (Å²) < 4.78 is 152. The van der Waals surface area contributed by atoms with Gasteiger partial charge in [-0.25, -0.2) is 75.9 Å². The number of alkyl halides is 1. The Hall–Kier alpha value is -17.4. The molecule has 17 rings (SSSR count). The van der Waals surface area contributed by atoms with Crippen molar-refractivity contribution in [1.82, 2.24) is 4.57 Å². The van der Waals surface area contributed by atoms with Gasteiger partial charge in [-0.1, -0.05) is 218 Å². The molecule has 0 spiro atoms. The Kier molecular flexibility index (Phi) is 34.8. The van der Waals surface area contributed by atoms with E-state index in [1.807, 2.05) is 0 Å². The summed E-state index contributed by atoms with van der Waals surface area (Å²) in [4.78, 5) is 196. The third-order valence-electron chi connectivity index (χ3n) is 24.2. The summed E-state index contributed by atoms with van der Waals surface area (Å²) in [7, 11) is 1.71. The van der Waals surface area contributed by atoms with Crippen molar-refractivity contribution >= 4 is 77.6 Å². The van der Waals surface area contributed by atoms with Gasteiger partial charge < -0.3 is 94.7 Å². The fourth-order valence-electron chi connectivity index (χ4n) is 16.8. The van der Waals surface area contributed by atoms with Crippen LogP contribution in [0.2, 0.25) is 0 Å². The average molecular weight is 2040 g/mol. The largest absolute Gasteiger partial charge is 0.460 e. The molecular formula is C114H96FN2O33+. The minimum atomic E-state index is -2.84. The molecule has 766 valence electrons. The number of imidazole rings is 1. The number of aryl methyl sites for hydroxylation is 1. The Morgan fingerprint density at radius 1 is 0.233 bits per heavy atom. The van der Waals surface area contributed by atoms with Crippen molar-refractivity contribution in [3.05, 3.63) is 449 Å². The highest BCUT2D eigenvalue weighted by Crippen LogP contribution is 2.40. The molecule has 13 aromatic rings. The average Bonchev–Trinajstić information content (AvgIpc) is 0.817. The quantitative estimate of drug-likeness (QED) is 0.0198. The van der Waals surface area contributed by atoms with Crippen molar-refractivity contribution in [2.45, 2.75) is 129 Å². The maximum atomic E-state index is 18.0. The number of nitrogens with zero attached hydrogens (tertiary/aromatic N) is 2. The Bertz CT molecular complexity index is 6790. The second-order valence-corrected chi connectivity index (χ2v) is 34.4. The van der Waals surface area contributed by atoms with E-state index in [0.29, 0.717) is 0 Å². The topological polar surface area (TPSA) is 415 Å². The van der Waals surface area contributed by atoms with E-state index in [9.17, 15) is 24.0 Å². The number of hydrogen-bond acceptors (Lipinski definition) is 33. The number of ether oxygens (including phenoxy) is 20. The Labute approximate surface area is 856 Å². The van der Waals surface area contributed by atoms with E-state index in [-0.39, 0.29) is 66.8 Å². The Balaban J connectivity index is 0.812. The van der Waals surface area contributed by atoms with Gasteiger partial charge in [-0.05, 0) is 146 Å². The van der Waals surface area contributed by atoms with E-state index in [1.165, 1.54) is 296 Å². The van der Waals surface area contributed by atoms with E-state index < -0.39 is 233 Å². The first-order chi connectivity index (χ1) is 73.1. The van der Waals surface area contributed by atoms with Crippen LogP contribution in [0.5, 0.6) is 0 Å². The Morgan fingerprint density at radius 2 is 0.407 bits per heavy atom. The maximum Gasteiger partial charge on any atom is 0.348 e. The molecule has 1 aromatic heterocycles. The Morgan fingerprint density at radius 3 is 0.607 bits per heavy atom. The standard InChI is InChI=1S/C114H96FN2O33/c1-116-62-63-117(69-116)64-86(118)131-65-83-88(140-101(120)71-40-16-3-17-41-71)92(144-105(124)75-48-24-7-25-49-75)96(148-109(128)79-56-32-11-33-57-79)113(136-83)133-67-85-90(142-103(122)73-44-20-5-21-45-73)94(146-107(126)77-52-28-9-29-53-77)98(150-111(130)81-60-36-13-37-61-81)114(138-85)134-68-84-89(141-102(121)72-42-18-4-19-43-72)93(145-106(125)76-50-26-8-27-51-76)97(149-110(129)80-58-34-12-35-59-80)112(137-84)132-66-82-87(139-100(119)70-38-14-2-15-39-70)91(143-104(123)74-46-22-6-23-47-74)95(99(115)135-82)147-108(127)78-54-30-10-31-55-78/h2-63,69,82-85,87-99,112-114H,64-68H2,1H3/q+1. The van der Waals surface area contributed by atoms with Gasteiger partial charge in [-0.15, -0.1) is 0 Å². The van der Waals surface area contributed by atoms with Crippen LogP contribution in [-0.2, 0) is 113 Å². The first-order valence-corrected chi connectivity index (χ1v) is 47.5. The van der Waals surface area contributed by atoms with Gasteiger partial charge in [-0.2, -0.15) is 0 Å². The number of carbonyl (C=O) groups excluding carboxylic acids is 13. The van der Waals surface area contributed by atoms with E-state index in [4.69, 9.17) is 94.7 Å². The van der Waals surface area contributed by atoms with Crippen LogP contribution in [0, 0.1) is 0 Å². The molecule has 35 nitrogen and oxygen atoms in total. The molecule has 150 heavy (non-hydrogen) atoms. The summed E-state index contributed by atoms with van der Waals surface area (Å²) in [6.07, 6.45) is -39.2. The van der Waals surface area contributed by atoms with Crippen LogP contribution in [0.1, 0.15) is 124 Å². The van der Waals surface area contributed by atoms with Crippen LogP contribution in [0.15, 0.2) is 383 Å². The first-order valence-electron chi connectivity index (χ1n) is 47.5. The van der Waals surface area contributed by atoms with E-state index in [0.717, 1.165) is 0 Å². The molecule has 0 aliphatic carbocycles. The molecule has 0 bridgehead atoms. The SMILES string of the molecule is Cn1cc[n+](CC(=O)OCC2OC(OCC3OC(OCC4OC(OCC5OC(F)C(OC(=O)c6ccccc6)C(OC(=O)c6ccccc6)C5OC(=O)c5ccccc5)C(OC(=O)c5ccccc5)C(OC(=O)c5ccccc5)C4OC(=O)c4ccccc4)C(OC(=O)c4ccccc4)C(OC(=O)c4ccccc4)C3OC(=O)c3ccccc3)C(OC(=O)c3ccccc3)C(OC(=O)c3ccccc3)C2OC(=O)c2ccccc2)c1. The fraction of sp³-hybridized carbons (Fsp3) is 0.228. The number of hydrogen-bond donors (Lipinski definition) is 0. The van der Waals surface area contributed by atoms with Gasteiger partial charge in [0.1, 0.15) is 43.4 Å². The molecule has 4 aliphatic heterocycles. The normalized spacial score (nSPS) is 23.2. The highest BCUT2D eigenvalue weighted by Gasteiger charge is 2.61. The highest BCUT2D eigenvalue weighted by atomic mass is 19.1. The zero-order valence-corrected chi connectivity index (χ0v) is 79.7. The summed E-state index contributed by atoms with van der Waals surface area (Å²) in [5, 5.41) is 0. The molecule has 4 saturated heterocycles. The van der Waals surface area contributed by atoms with Crippen LogP contribution >= 0.6 is 0 Å². The molecule has 5 heterocycles. The first kappa shape index (κ1) is 104. The molecule has 12 aromatic carbocycles. The van der Waals surface area contributed by atoms with E-state index in [1.54, 1.807) is 103 Å². The molecule has 36 heteroatoms. The number of esters is 13. The van der Waals surface area contributed by atoms with Crippen LogP contribution in [0.4, 0.5) is 4.39 Å². The monoisotopic (exact) mass is 2040 g/mol. The predicted molar refractivity (Wildman–Crippen MR) is 518 cm³/mol. The number of carbonyl (C=O) groups is 13. The summed E-state index contributed by atoms with van der Waals surface area (Å²) >= 11 is 0. The second-order valence-electron chi connectivity index (χ2n) is 34.4. The number of aromatic nitrogens is 2. The van der Waals surface area contributed by atoms with Crippen molar-refractivity contribution < 1.29 is 166 Å².